The highest BCUT2D eigenvalue weighted by Crippen LogP contribution is 2.22. The van der Waals surface area contributed by atoms with E-state index in [1.54, 1.807) is 17.0 Å². The summed E-state index contributed by atoms with van der Waals surface area (Å²) in [4.78, 5) is 25.2. The van der Waals surface area contributed by atoms with Gasteiger partial charge in [0, 0.05) is 13.1 Å². The number of amides is 2. The molecule has 6 heteroatoms. The van der Waals surface area contributed by atoms with Crippen molar-refractivity contribution < 1.29 is 14.7 Å². The van der Waals surface area contributed by atoms with Crippen molar-refractivity contribution in [3.8, 4) is 6.07 Å². The summed E-state index contributed by atoms with van der Waals surface area (Å²) in [5.74, 6) is -1.19. The third kappa shape index (κ3) is 4.22. The predicted molar refractivity (Wildman–Crippen MR) is 84.6 cm³/mol. The van der Waals surface area contributed by atoms with Crippen molar-refractivity contribution in [2.24, 2.45) is 11.8 Å². The first kappa shape index (κ1) is 16.8. The van der Waals surface area contributed by atoms with Gasteiger partial charge in [-0.3, -0.25) is 4.79 Å². The maximum atomic E-state index is 12.4. The highest BCUT2D eigenvalue weighted by molar-refractivity contribution is 5.77. The van der Waals surface area contributed by atoms with Crippen molar-refractivity contribution in [1.82, 2.24) is 10.2 Å². The molecule has 1 aromatic rings. The summed E-state index contributed by atoms with van der Waals surface area (Å²) in [6.07, 6.45) is 0.601. The molecule has 23 heavy (non-hydrogen) atoms. The summed E-state index contributed by atoms with van der Waals surface area (Å²) >= 11 is 0. The van der Waals surface area contributed by atoms with Crippen LogP contribution in [0.25, 0.3) is 0 Å². The topological polar surface area (TPSA) is 93.4 Å². The minimum absolute atomic E-state index is 0.167. The van der Waals surface area contributed by atoms with Gasteiger partial charge < -0.3 is 15.3 Å². The average molecular weight is 315 g/mol. The number of benzene rings is 1. The van der Waals surface area contributed by atoms with Crippen LogP contribution in [0.15, 0.2) is 24.3 Å². The second-order valence-corrected chi connectivity index (χ2v) is 6.19. The molecule has 0 aliphatic carbocycles. The molecule has 2 amide bonds. The molecule has 2 N–H and O–H groups in total. The van der Waals surface area contributed by atoms with Crippen LogP contribution >= 0.6 is 0 Å². The quantitative estimate of drug-likeness (QED) is 0.895. The van der Waals surface area contributed by atoms with Gasteiger partial charge in [0.25, 0.3) is 0 Å². The number of rotatable bonds is 3. The van der Waals surface area contributed by atoms with Crippen LogP contribution in [-0.2, 0) is 4.79 Å². The first-order valence-electron chi connectivity index (χ1n) is 7.69. The number of carboxylic acid groups (broad SMARTS) is 1. The van der Waals surface area contributed by atoms with E-state index in [9.17, 15) is 14.7 Å². The number of aliphatic carboxylic acids is 1. The Kier molecular flexibility index (Phi) is 5.22. The Bertz CT molecular complexity index is 621. The predicted octanol–water partition coefficient (Wildman–Crippen LogP) is 2.37. The number of nitriles is 1. The van der Waals surface area contributed by atoms with Crippen molar-refractivity contribution in [3.63, 3.8) is 0 Å². The normalized spacial score (nSPS) is 22.0. The van der Waals surface area contributed by atoms with E-state index in [2.05, 4.69) is 11.4 Å². The van der Waals surface area contributed by atoms with Crippen LogP contribution in [-0.4, -0.2) is 35.1 Å². The maximum absolute atomic E-state index is 12.4. The SMILES string of the molecule is CC1CC(C(=O)O)CN(C(=O)NC(C)c2ccc(C#N)cc2)C1. The fourth-order valence-corrected chi connectivity index (χ4v) is 2.90. The molecule has 1 aliphatic heterocycles. The van der Waals surface area contributed by atoms with Crippen LogP contribution in [0.3, 0.4) is 0 Å². The highest BCUT2D eigenvalue weighted by atomic mass is 16.4. The molecule has 0 aromatic heterocycles. The van der Waals surface area contributed by atoms with Gasteiger partial charge in [0.15, 0.2) is 0 Å². The van der Waals surface area contributed by atoms with Gasteiger partial charge in [-0.05, 0) is 37.0 Å². The fraction of sp³-hybridized carbons (Fsp3) is 0.471. The lowest BCUT2D eigenvalue weighted by Crippen LogP contribution is -2.49. The first-order valence-corrected chi connectivity index (χ1v) is 7.69. The molecule has 0 saturated carbocycles. The second kappa shape index (κ2) is 7.14. The zero-order valence-corrected chi connectivity index (χ0v) is 13.3. The molecule has 0 radical (unpaired) electrons. The van der Waals surface area contributed by atoms with E-state index in [-0.39, 0.29) is 24.5 Å². The molecule has 6 nitrogen and oxygen atoms in total. The van der Waals surface area contributed by atoms with Crippen LogP contribution < -0.4 is 5.32 Å². The largest absolute Gasteiger partial charge is 0.481 e. The number of piperidine rings is 1. The van der Waals surface area contributed by atoms with Gasteiger partial charge in [0.05, 0.1) is 23.6 Å². The van der Waals surface area contributed by atoms with Crippen LogP contribution in [0.4, 0.5) is 4.79 Å². The summed E-state index contributed by atoms with van der Waals surface area (Å²) in [6, 6.07) is 8.63. The molecule has 122 valence electrons. The van der Waals surface area contributed by atoms with Crippen LogP contribution in [0, 0.1) is 23.2 Å². The minimum Gasteiger partial charge on any atom is -0.481 e. The number of hydrogen-bond acceptors (Lipinski definition) is 3. The molecule has 1 heterocycles. The lowest BCUT2D eigenvalue weighted by molar-refractivity contribution is -0.143. The Morgan fingerprint density at radius 2 is 2.00 bits per heavy atom. The molecule has 2 rings (SSSR count). The zero-order valence-electron chi connectivity index (χ0n) is 13.3. The van der Waals surface area contributed by atoms with Crippen LogP contribution in [0.2, 0.25) is 0 Å². The Balaban J connectivity index is 1.99. The summed E-state index contributed by atoms with van der Waals surface area (Å²) < 4.78 is 0. The third-order valence-electron chi connectivity index (χ3n) is 4.18. The molecule has 1 fully saturated rings. The molecule has 1 aromatic carbocycles. The number of nitrogens with one attached hydrogen (secondary N) is 1. The van der Waals surface area contributed by atoms with E-state index in [1.165, 1.54) is 0 Å². The number of carbonyl (C=O) groups is 2. The van der Waals surface area contributed by atoms with Crippen molar-refractivity contribution in [1.29, 1.82) is 5.26 Å². The van der Waals surface area contributed by atoms with Gasteiger partial charge in [0.1, 0.15) is 0 Å². The summed E-state index contributed by atoms with van der Waals surface area (Å²) in [5, 5.41) is 20.9. The number of nitrogens with zero attached hydrogens (tertiary/aromatic N) is 2. The number of carboxylic acids is 1. The van der Waals surface area contributed by atoms with E-state index in [4.69, 9.17) is 5.26 Å². The van der Waals surface area contributed by atoms with Gasteiger partial charge in [-0.2, -0.15) is 5.26 Å². The van der Waals surface area contributed by atoms with Gasteiger partial charge in [-0.1, -0.05) is 19.1 Å². The minimum atomic E-state index is -0.852. The van der Waals surface area contributed by atoms with Crippen molar-refractivity contribution in [2.75, 3.05) is 13.1 Å². The lowest BCUT2D eigenvalue weighted by Gasteiger charge is -2.35. The summed E-state index contributed by atoms with van der Waals surface area (Å²) in [5.41, 5.74) is 1.47. The molecular formula is C17H21N3O3. The van der Waals surface area contributed by atoms with E-state index in [0.717, 1.165) is 5.56 Å². The van der Waals surface area contributed by atoms with Gasteiger partial charge in [-0.25, -0.2) is 4.79 Å². The number of likely N-dealkylation sites (tertiary alicyclic amines) is 1. The van der Waals surface area contributed by atoms with E-state index in [1.807, 2.05) is 26.0 Å². The molecular weight excluding hydrogens is 294 g/mol. The monoisotopic (exact) mass is 315 g/mol. The molecule has 0 bridgehead atoms. The van der Waals surface area contributed by atoms with Gasteiger partial charge in [0.2, 0.25) is 0 Å². The van der Waals surface area contributed by atoms with E-state index in [0.29, 0.717) is 18.5 Å². The third-order valence-corrected chi connectivity index (χ3v) is 4.18. The maximum Gasteiger partial charge on any atom is 0.317 e. The Morgan fingerprint density at radius 3 is 2.57 bits per heavy atom. The number of hydrogen-bond donors (Lipinski definition) is 2. The Morgan fingerprint density at radius 1 is 1.35 bits per heavy atom. The molecule has 1 saturated heterocycles. The molecule has 0 spiro atoms. The highest BCUT2D eigenvalue weighted by Gasteiger charge is 2.32. The van der Waals surface area contributed by atoms with Crippen LogP contribution in [0.1, 0.15) is 37.4 Å². The zero-order chi connectivity index (χ0) is 17.0. The van der Waals surface area contributed by atoms with Gasteiger partial charge >= 0.3 is 12.0 Å². The van der Waals surface area contributed by atoms with Crippen molar-refractivity contribution >= 4 is 12.0 Å². The first-order chi connectivity index (χ1) is 10.9. The van der Waals surface area contributed by atoms with E-state index < -0.39 is 11.9 Å². The molecule has 1 aliphatic rings. The van der Waals surface area contributed by atoms with Crippen LogP contribution in [0.5, 0.6) is 0 Å². The van der Waals surface area contributed by atoms with Crippen molar-refractivity contribution in [2.45, 2.75) is 26.3 Å². The number of carbonyl (C=O) groups excluding carboxylic acids is 1. The average Bonchev–Trinajstić information content (AvgIpc) is 2.54. The Labute approximate surface area is 135 Å². The molecule has 3 unspecified atom stereocenters. The standard InChI is InChI=1S/C17H21N3O3/c1-11-7-15(16(21)22)10-20(9-11)17(23)19-12(2)14-5-3-13(8-18)4-6-14/h3-6,11-12,15H,7,9-10H2,1-2H3,(H,19,23)(H,21,22). The summed E-state index contributed by atoms with van der Waals surface area (Å²) in [7, 11) is 0. The number of urea groups is 1. The Hall–Kier alpha value is -2.55. The van der Waals surface area contributed by atoms with E-state index >= 15 is 0 Å². The second-order valence-electron chi connectivity index (χ2n) is 6.19. The lowest BCUT2D eigenvalue weighted by atomic mass is 9.91. The van der Waals surface area contributed by atoms with Gasteiger partial charge in [-0.15, -0.1) is 0 Å². The fourth-order valence-electron chi connectivity index (χ4n) is 2.90. The molecule has 3 atom stereocenters. The van der Waals surface area contributed by atoms with Crippen molar-refractivity contribution in [3.05, 3.63) is 35.4 Å². The smallest absolute Gasteiger partial charge is 0.317 e. The summed E-state index contributed by atoms with van der Waals surface area (Å²) in [6.45, 7) is 4.63.